The number of nitrogens with zero attached hydrogens (tertiary/aromatic N) is 4. The minimum atomic E-state index is -1.02. The summed E-state index contributed by atoms with van der Waals surface area (Å²) in [5, 5.41) is 7.22. The van der Waals surface area contributed by atoms with E-state index in [2.05, 4.69) is 20.4 Å². The Balaban J connectivity index is 1.67. The predicted octanol–water partition coefficient (Wildman–Crippen LogP) is 2.27. The van der Waals surface area contributed by atoms with Crippen molar-refractivity contribution in [2.75, 3.05) is 5.32 Å². The van der Waals surface area contributed by atoms with Crippen LogP contribution >= 0.6 is 11.6 Å². The number of aromatic nitrogens is 4. The van der Waals surface area contributed by atoms with Crippen LogP contribution in [0, 0.1) is 6.92 Å². The zero-order valence-electron chi connectivity index (χ0n) is 13.4. The summed E-state index contributed by atoms with van der Waals surface area (Å²) < 4.78 is 6.55. The third-order valence-electron chi connectivity index (χ3n) is 3.38. The van der Waals surface area contributed by atoms with E-state index in [4.69, 9.17) is 16.3 Å². The molecule has 2 heterocycles. The summed E-state index contributed by atoms with van der Waals surface area (Å²) in [7, 11) is 0. The van der Waals surface area contributed by atoms with Gasteiger partial charge in [-0.1, -0.05) is 11.6 Å². The average Bonchev–Trinajstić information content (AvgIpc) is 3.02. The maximum absolute atomic E-state index is 12.2. The van der Waals surface area contributed by atoms with Gasteiger partial charge in [0, 0.05) is 22.6 Å². The fraction of sp³-hybridized carbons (Fsp3) is 0.188. The molecule has 1 aromatic carbocycles. The molecule has 1 unspecified atom stereocenters. The van der Waals surface area contributed by atoms with Gasteiger partial charge in [0.15, 0.2) is 6.10 Å². The molecule has 0 saturated heterocycles. The number of carbonyl (C=O) groups is 2. The summed E-state index contributed by atoms with van der Waals surface area (Å²) in [6, 6.07) is 8.31. The van der Waals surface area contributed by atoms with Gasteiger partial charge < -0.3 is 10.1 Å². The maximum Gasteiger partial charge on any atom is 0.379 e. The zero-order valence-corrected chi connectivity index (χ0v) is 14.2. The first-order valence-corrected chi connectivity index (χ1v) is 7.77. The van der Waals surface area contributed by atoms with Crippen molar-refractivity contribution in [3.8, 4) is 0 Å². The molecule has 0 aliphatic heterocycles. The van der Waals surface area contributed by atoms with E-state index in [1.54, 1.807) is 43.5 Å². The Labute approximate surface area is 147 Å². The lowest BCUT2D eigenvalue weighted by Crippen LogP contribution is -2.30. The van der Waals surface area contributed by atoms with Crippen LogP contribution in [0.15, 0.2) is 36.5 Å². The highest BCUT2D eigenvalue weighted by Gasteiger charge is 2.22. The van der Waals surface area contributed by atoms with Crippen LogP contribution in [-0.2, 0) is 9.53 Å². The molecule has 1 N–H and O–H groups in total. The fourth-order valence-corrected chi connectivity index (χ4v) is 2.16. The summed E-state index contributed by atoms with van der Waals surface area (Å²) in [5.41, 5.74) is 1.31. The first kappa shape index (κ1) is 16.8. The van der Waals surface area contributed by atoms with Gasteiger partial charge >= 0.3 is 5.97 Å². The van der Waals surface area contributed by atoms with Crippen LogP contribution < -0.4 is 5.32 Å². The van der Waals surface area contributed by atoms with Crippen LogP contribution in [0.25, 0.3) is 5.78 Å². The van der Waals surface area contributed by atoms with Crippen LogP contribution in [-0.4, -0.2) is 37.6 Å². The van der Waals surface area contributed by atoms with Gasteiger partial charge in [-0.2, -0.15) is 4.98 Å². The highest BCUT2D eigenvalue weighted by atomic mass is 35.5. The van der Waals surface area contributed by atoms with Gasteiger partial charge in [-0.15, -0.1) is 5.10 Å². The van der Waals surface area contributed by atoms with Crippen LogP contribution in [0.4, 0.5) is 5.69 Å². The number of ether oxygens (including phenoxy) is 1. The van der Waals surface area contributed by atoms with Gasteiger partial charge in [-0.05, 0) is 44.2 Å². The molecule has 0 aliphatic carbocycles. The van der Waals surface area contributed by atoms with Crippen LogP contribution in [0.3, 0.4) is 0 Å². The van der Waals surface area contributed by atoms with Crippen molar-refractivity contribution in [1.29, 1.82) is 0 Å². The number of amides is 1. The zero-order chi connectivity index (χ0) is 18.0. The van der Waals surface area contributed by atoms with Gasteiger partial charge in [-0.3, -0.25) is 4.79 Å². The van der Waals surface area contributed by atoms with Crippen molar-refractivity contribution in [2.24, 2.45) is 0 Å². The molecule has 0 radical (unpaired) electrons. The van der Waals surface area contributed by atoms with E-state index in [-0.39, 0.29) is 11.6 Å². The first-order valence-electron chi connectivity index (χ1n) is 7.40. The standard InChI is InChI=1S/C16H14ClN5O3/c1-9-7-8-18-16-20-13(21-22(9)16)15(24)25-10(2)14(23)19-12-5-3-11(17)4-6-12/h3-8,10H,1-2H3,(H,19,23). The Morgan fingerprint density at radius 2 is 1.96 bits per heavy atom. The lowest BCUT2D eigenvalue weighted by atomic mass is 10.3. The number of rotatable bonds is 4. The lowest BCUT2D eigenvalue weighted by Gasteiger charge is -2.12. The third-order valence-corrected chi connectivity index (χ3v) is 3.63. The number of nitrogens with one attached hydrogen (secondary N) is 1. The topological polar surface area (TPSA) is 98.5 Å². The van der Waals surface area contributed by atoms with Crippen molar-refractivity contribution in [1.82, 2.24) is 19.6 Å². The second-order valence-corrected chi connectivity index (χ2v) is 5.71. The van der Waals surface area contributed by atoms with E-state index in [1.165, 1.54) is 11.4 Å². The molecule has 2 aromatic heterocycles. The number of hydrogen-bond acceptors (Lipinski definition) is 6. The number of aryl methyl sites for hydroxylation is 1. The van der Waals surface area contributed by atoms with Crippen LogP contribution in [0.2, 0.25) is 5.02 Å². The number of fused-ring (bicyclic) bond motifs is 1. The summed E-state index contributed by atoms with van der Waals surface area (Å²) >= 11 is 5.79. The molecular formula is C16H14ClN5O3. The highest BCUT2D eigenvalue weighted by molar-refractivity contribution is 6.30. The molecule has 0 aliphatic rings. The quantitative estimate of drug-likeness (QED) is 0.717. The van der Waals surface area contributed by atoms with Gasteiger partial charge in [0.1, 0.15) is 0 Å². The summed E-state index contributed by atoms with van der Waals surface area (Å²) in [6.45, 7) is 3.27. The molecular weight excluding hydrogens is 346 g/mol. The van der Waals surface area contributed by atoms with Crippen molar-refractivity contribution in [2.45, 2.75) is 20.0 Å². The molecule has 3 aromatic rings. The molecule has 8 nitrogen and oxygen atoms in total. The molecule has 9 heteroatoms. The summed E-state index contributed by atoms with van der Waals surface area (Å²) in [5.74, 6) is -1.16. The van der Waals surface area contributed by atoms with Gasteiger partial charge in [0.2, 0.25) is 0 Å². The van der Waals surface area contributed by atoms with Gasteiger partial charge in [0.05, 0.1) is 0 Å². The van der Waals surface area contributed by atoms with E-state index in [0.717, 1.165) is 5.69 Å². The lowest BCUT2D eigenvalue weighted by molar-refractivity contribution is -0.123. The number of esters is 1. The summed E-state index contributed by atoms with van der Waals surface area (Å²) in [6.07, 6.45) is 0.542. The number of anilines is 1. The summed E-state index contributed by atoms with van der Waals surface area (Å²) in [4.78, 5) is 32.3. The Morgan fingerprint density at radius 1 is 1.24 bits per heavy atom. The Morgan fingerprint density at radius 3 is 2.64 bits per heavy atom. The van der Waals surface area contributed by atoms with Crippen LogP contribution in [0.5, 0.6) is 0 Å². The van der Waals surface area contributed by atoms with Gasteiger partial charge in [0.25, 0.3) is 17.5 Å². The van der Waals surface area contributed by atoms with Crippen molar-refractivity contribution in [3.05, 3.63) is 53.1 Å². The first-order chi connectivity index (χ1) is 11.9. The van der Waals surface area contributed by atoms with Crippen LogP contribution in [0.1, 0.15) is 23.2 Å². The van der Waals surface area contributed by atoms with Crippen molar-refractivity contribution in [3.63, 3.8) is 0 Å². The van der Waals surface area contributed by atoms with Gasteiger partial charge in [-0.25, -0.2) is 14.3 Å². The molecule has 0 spiro atoms. The number of hydrogen-bond donors (Lipinski definition) is 1. The fourth-order valence-electron chi connectivity index (χ4n) is 2.04. The Kier molecular flexibility index (Phi) is 4.62. The Hall–Kier alpha value is -3.00. The van der Waals surface area contributed by atoms with E-state index >= 15 is 0 Å². The minimum absolute atomic E-state index is 0.159. The molecule has 1 amide bonds. The normalized spacial score (nSPS) is 12.0. The second-order valence-electron chi connectivity index (χ2n) is 5.28. The molecule has 25 heavy (non-hydrogen) atoms. The van der Waals surface area contributed by atoms with E-state index in [0.29, 0.717) is 10.7 Å². The molecule has 3 rings (SSSR count). The highest BCUT2D eigenvalue weighted by Crippen LogP contribution is 2.14. The smallest absolute Gasteiger partial charge is 0.379 e. The predicted molar refractivity (Wildman–Crippen MR) is 90.5 cm³/mol. The SMILES string of the molecule is Cc1ccnc2nc(C(=O)OC(C)C(=O)Nc3ccc(Cl)cc3)nn12. The number of halogens is 1. The molecule has 0 fully saturated rings. The minimum Gasteiger partial charge on any atom is -0.447 e. The third kappa shape index (κ3) is 3.74. The Bertz CT molecular complexity index is 939. The van der Waals surface area contributed by atoms with Crippen molar-refractivity contribution < 1.29 is 14.3 Å². The average molecular weight is 360 g/mol. The molecule has 0 saturated carbocycles. The second kappa shape index (κ2) is 6.86. The van der Waals surface area contributed by atoms with E-state index in [9.17, 15) is 9.59 Å². The maximum atomic E-state index is 12.2. The largest absolute Gasteiger partial charge is 0.447 e. The monoisotopic (exact) mass is 359 g/mol. The van der Waals surface area contributed by atoms with Crippen molar-refractivity contribution >= 4 is 34.9 Å². The molecule has 0 bridgehead atoms. The number of benzene rings is 1. The van der Waals surface area contributed by atoms with E-state index in [1.807, 2.05) is 0 Å². The number of carbonyl (C=O) groups excluding carboxylic acids is 2. The van der Waals surface area contributed by atoms with E-state index < -0.39 is 18.0 Å². The molecule has 128 valence electrons. The molecule has 1 atom stereocenters.